The monoisotopic (exact) mass is 247 g/mol. The van der Waals surface area contributed by atoms with Crippen molar-refractivity contribution in [2.75, 3.05) is 0 Å². The van der Waals surface area contributed by atoms with Crippen LogP contribution >= 0.6 is 0 Å². The maximum Gasteiger partial charge on any atom is 0.120 e. The summed E-state index contributed by atoms with van der Waals surface area (Å²) in [6, 6.07) is 5.92. The van der Waals surface area contributed by atoms with Crippen molar-refractivity contribution in [1.82, 2.24) is 0 Å². The summed E-state index contributed by atoms with van der Waals surface area (Å²) in [6.07, 6.45) is 5.55. The fourth-order valence-electron chi connectivity index (χ4n) is 2.85. The Morgan fingerprint density at radius 3 is 2.28 bits per heavy atom. The zero-order valence-electron chi connectivity index (χ0n) is 11.8. The highest BCUT2D eigenvalue weighted by atomic mass is 16.3. The zero-order valence-corrected chi connectivity index (χ0v) is 11.8. The van der Waals surface area contributed by atoms with E-state index in [0.29, 0.717) is 5.75 Å². The lowest BCUT2D eigenvalue weighted by atomic mass is 9.75. The van der Waals surface area contributed by atoms with Gasteiger partial charge in [0.05, 0.1) is 0 Å². The molecule has 1 fully saturated rings. The molecule has 2 rings (SSSR count). The maximum absolute atomic E-state index is 10.1. The Bertz CT molecular complexity index is 425. The predicted molar refractivity (Wildman–Crippen MR) is 75.8 cm³/mol. The lowest BCUT2D eigenvalue weighted by Gasteiger charge is -2.35. The highest BCUT2D eigenvalue weighted by molar-refractivity contribution is 5.43. The summed E-state index contributed by atoms with van der Waals surface area (Å²) in [5.41, 5.74) is 8.48. The molecular formula is C16H25NO. The summed E-state index contributed by atoms with van der Waals surface area (Å²) in [7, 11) is 0. The molecule has 0 spiro atoms. The van der Waals surface area contributed by atoms with Gasteiger partial charge in [-0.25, -0.2) is 0 Å². The molecular weight excluding hydrogens is 222 g/mol. The van der Waals surface area contributed by atoms with Gasteiger partial charge in [-0.2, -0.15) is 0 Å². The van der Waals surface area contributed by atoms with Crippen LogP contribution in [-0.2, 0) is 11.0 Å². The molecule has 1 aliphatic carbocycles. The number of phenols is 1. The second-order valence-electron chi connectivity index (χ2n) is 6.70. The van der Waals surface area contributed by atoms with Gasteiger partial charge in [-0.05, 0) is 36.0 Å². The first-order valence-corrected chi connectivity index (χ1v) is 6.96. The van der Waals surface area contributed by atoms with Gasteiger partial charge in [0.1, 0.15) is 5.75 Å². The molecule has 3 N–H and O–H groups in total. The smallest absolute Gasteiger partial charge is 0.120 e. The van der Waals surface area contributed by atoms with Crippen LogP contribution in [0, 0.1) is 0 Å². The Morgan fingerprint density at radius 1 is 1.11 bits per heavy atom. The quantitative estimate of drug-likeness (QED) is 0.792. The fraction of sp³-hybridized carbons (Fsp3) is 0.625. The van der Waals surface area contributed by atoms with Crippen molar-refractivity contribution in [3.8, 4) is 5.75 Å². The topological polar surface area (TPSA) is 46.2 Å². The minimum absolute atomic E-state index is 0.0908. The molecule has 2 nitrogen and oxygen atoms in total. The summed E-state index contributed by atoms with van der Waals surface area (Å²) < 4.78 is 0. The van der Waals surface area contributed by atoms with E-state index in [2.05, 4.69) is 26.8 Å². The average Bonchev–Trinajstić information content (AvgIpc) is 2.28. The van der Waals surface area contributed by atoms with E-state index in [1.54, 1.807) is 6.07 Å². The van der Waals surface area contributed by atoms with Gasteiger partial charge in [0.2, 0.25) is 0 Å². The molecule has 18 heavy (non-hydrogen) atoms. The third-order valence-corrected chi connectivity index (χ3v) is 4.14. The number of aromatic hydroxyl groups is 1. The SMILES string of the molecule is CC(C)(C)c1ccc(O)c(C2(N)CCCCC2)c1. The van der Waals surface area contributed by atoms with Crippen molar-refractivity contribution < 1.29 is 5.11 Å². The molecule has 0 heterocycles. The van der Waals surface area contributed by atoms with Crippen LogP contribution in [0.3, 0.4) is 0 Å². The number of nitrogens with two attached hydrogens (primary N) is 1. The normalized spacial score (nSPS) is 19.8. The van der Waals surface area contributed by atoms with Crippen molar-refractivity contribution in [3.63, 3.8) is 0 Å². The Labute approximate surface area is 110 Å². The van der Waals surface area contributed by atoms with Gasteiger partial charge < -0.3 is 10.8 Å². The third-order valence-electron chi connectivity index (χ3n) is 4.14. The molecule has 100 valence electrons. The van der Waals surface area contributed by atoms with Crippen LogP contribution in [0.25, 0.3) is 0 Å². The van der Waals surface area contributed by atoms with Crippen LogP contribution in [-0.4, -0.2) is 5.11 Å². The van der Waals surface area contributed by atoms with Crippen molar-refractivity contribution in [3.05, 3.63) is 29.3 Å². The Hall–Kier alpha value is -1.02. The average molecular weight is 247 g/mol. The van der Waals surface area contributed by atoms with Gasteiger partial charge in [0, 0.05) is 11.1 Å². The number of phenolic OH excluding ortho intramolecular Hbond substituents is 1. The van der Waals surface area contributed by atoms with E-state index < -0.39 is 0 Å². The third kappa shape index (κ3) is 2.54. The minimum Gasteiger partial charge on any atom is -0.508 e. The molecule has 0 atom stereocenters. The van der Waals surface area contributed by atoms with Gasteiger partial charge in [0.15, 0.2) is 0 Å². The van der Waals surface area contributed by atoms with E-state index in [-0.39, 0.29) is 11.0 Å². The Balaban J connectivity index is 2.43. The van der Waals surface area contributed by atoms with Gasteiger partial charge in [0.25, 0.3) is 0 Å². The first-order chi connectivity index (χ1) is 8.33. The van der Waals surface area contributed by atoms with Crippen molar-refractivity contribution in [2.45, 2.75) is 63.8 Å². The highest BCUT2D eigenvalue weighted by Gasteiger charge is 2.32. The van der Waals surface area contributed by atoms with E-state index >= 15 is 0 Å². The van der Waals surface area contributed by atoms with Crippen LogP contribution in [0.4, 0.5) is 0 Å². The molecule has 0 saturated heterocycles. The lowest BCUT2D eigenvalue weighted by molar-refractivity contribution is 0.291. The van der Waals surface area contributed by atoms with Crippen LogP contribution in [0.5, 0.6) is 5.75 Å². The van der Waals surface area contributed by atoms with Crippen molar-refractivity contribution in [2.24, 2.45) is 5.73 Å². The second-order valence-corrected chi connectivity index (χ2v) is 6.70. The molecule has 0 radical (unpaired) electrons. The molecule has 1 aromatic rings. The summed E-state index contributed by atoms with van der Waals surface area (Å²) in [5, 5.41) is 10.1. The zero-order chi connectivity index (χ0) is 13.4. The molecule has 0 amide bonds. The van der Waals surface area contributed by atoms with Crippen LogP contribution in [0.15, 0.2) is 18.2 Å². The van der Waals surface area contributed by atoms with Crippen LogP contribution < -0.4 is 5.73 Å². The molecule has 1 aromatic carbocycles. The van der Waals surface area contributed by atoms with Crippen LogP contribution in [0.1, 0.15) is 64.0 Å². The van der Waals surface area contributed by atoms with Gasteiger partial charge in [-0.15, -0.1) is 0 Å². The second kappa shape index (κ2) is 4.58. The number of rotatable bonds is 1. The summed E-state index contributed by atoms with van der Waals surface area (Å²) >= 11 is 0. The Morgan fingerprint density at radius 2 is 1.72 bits per heavy atom. The predicted octanol–water partition coefficient (Wildman–Crippen LogP) is 3.81. The van der Waals surface area contributed by atoms with Crippen LogP contribution in [0.2, 0.25) is 0 Å². The maximum atomic E-state index is 10.1. The molecule has 2 heteroatoms. The summed E-state index contributed by atoms with van der Waals surface area (Å²) in [4.78, 5) is 0. The standard InChI is InChI=1S/C16H25NO/c1-15(2,3)12-7-8-14(18)13(11-12)16(17)9-5-4-6-10-16/h7-8,11,18H,4-6,9-10,17H2,1-3H3. The van der Waals surface area contributed by atoms with E-state index in [4.69, 9.17) is 5.73 Å². The van der Waals surface area contributed by atoms with Gasteiger partial charge in [-0.1, -0.05) is 46.1 Å². The molecule has 1 aliphatic rings. The summed E-state index contributed by atoms with van der Waals surface area (Å²) in [6.45, 7) is 6.56. The molecule has 1 saturated carbocycles. The van der Waals surface area contributed by atoms with E-state index in [1.165, 1.54) is 12.0 Å². The van der Waals surface area contributed by atoms with Crippen molar-refractivity contribution in [1.29, 1.82) is 0 Å². The molecule has 0 bridgehead atoms. The molecule has 0 aliphatic heterocycles. The first-order valence-electron chi connectivity index (χ1n) is 6.96. The van der Waals surface area contributed by atoms with E-state index in [1.807, 2.05) is 6.07 Å². The number of benzene rings is 1. The minimum atomic E-state index is -0.330. The highest BCUT2D eigenvalue weighted by Crippen LogP contribution is 2.40. The van der Waals surface area contributed by atoms with Gasteiger partial charge >= 0.3 is 0 Å². The lowest BCUT2D eigenvalue weighted by Crippen LogP contribution is -2.38. The first kappa shape index (κ1) is 13.4. The van der Waals surface area contributed by atoms with Crippen molar-refractivity contribution >= 4 is 0 Å². The van der Waals surface area contributed by atoms with Gasteiger partial charge in [-0.3, -0.25) is 0 Å². The number of hydrogen-bond acceptors (Lipinski definition) is 2. The Kier molecular flexibility index (Phi) is 3.41. The summed E-state index contributed by atoms with van der Waals surface area (Å²) in [5.74, 6) is 0.354. The molecule has 0 aromatic heterocycles. The van der Waals surface area contributed by atoms with E-state index in [0.717, 1.165) is 31.2 Å². The van der Waals surface area contributed by atoms with E-state index in [9.17, 15) is 5.11 Å². The molecule has 0 unspecified atom stereocenters. The largest absolute Gasteiger partial charge is 0.508 e. The fourth-order valence-corrected chi connectivity index (χ4v) is 2.85. The number of hydrogen-bond donors (Lipinski definition) is 2.